The molecule has 482 valence electrons. The average Bonchev–Trinajstić information content (AvgIpc) is 1.03. The summed E-state index contributed by atoms with van der Waals surface area (Å²) in [6.07, 6.45) is 0. The molecule has 4 heteroatoms. The van der Waals surface area contributed by atoms with Gasteiger partial charge in [0.15, 0.2) is 0 Å². The SMILES string of the molecule is [2H]c1c([2H])c([2H])c2c(c1[2H])c1c([2H])c([2H])c([2H])c([2H])c1n2-c1ccc2c(c1)N(c1c(-c3ccc(-c4ccccc4)cc3)cc(C(C)(C)C)cc1-c1ccc(-c3ccccc3)cc1)c1cc(C(C)(C)C)cc3c1B2c1cc(-c2ccc(C(C)(C)C)cc2)ccc1N3c1c(-c2ccccc2)cccc1-c1ccccc1. The Bertz CT molecular complexity index is 5880. The van der Waals surface area contributed by atoms with E-state index in [1.165, 1.54) is 5.56 Å². The minimum Gasteiger partial charge on any atom is -0.310 e. The Morgan fingerprint density at radius 1 is 0.280 bits per heavy atom. The first kappa shape index (κ1) is 53.6. The first-order valence-corrected chi connectivity index (χ1v) is 34.8. The molecule has 14 aromatic carbocycles. The number of rotatable bonds is 10. The average molecular weight is 1290 g/mol. The maximum absolute atomic E-state index is 9.89. The van der Waals surface area contributed by atoms with Crippen LogP contribution < -0.4 is 26.2 Å². The minimum atomic E-state index is -0.498. The Labute approximate surface area is 601 Å². The van der Waals surface area contributed by atoms with E-state index in [4.69, 9.17) is 2.74 Å². The lowest BCUT2D eigenvalue weighted by atomic mass is 9.33. The van der Waals surface area contributed by atoms with Crippen molar-refractivity contribution >= 4 is 79.0 Å². The predicted octanol–water partition coefficient (Wildman–Crippen LogP) is 24.4. The van der Waals surface area contributed by atoms with Gasteiger partial charge in [0, 0.05) is 61.5 Å². The first-order chi connectivity index (χ1) is 51.8. The smallest absolute Gasteiger partial charge is 0.252 e. The van der Waals surface area contributed by atoms with Gasteiger partial charge in [0.2, 0.25) is 0 Å². The normalized spacial score (nSPS) is 13.9. The lowest BCUT2D eigenvalue weighted by Crippen LogP contribution is -2.61. The molecule has 2 aliphatic rings. The monoisotopic (exact) mass is 1290 g/mol. The van der Waals surface area contributed by atoms with E-state index in [9.17, 15) is 8.22 Å². The van der Waals surface area contributed by atoms with Crippen molar-refractivity contribution in [3.05, 3.63) is 338 Å². The number of aromatic nitrogens is 1. The van der Waals surface area contributed by atoms with Crippen LogP contribution in [0.15, 0.2) is 321 Å². The van der Waals surface area contributed by atoms with E-state index in [1.54, 1.807) is 4.57 Å². The molecule has 0 atom stereocenters. The van der Waals surface area contributed by atoms with Gasteiger partial charge in [0.05, 0.1) is 33.4 Å². The van der Waals surface area contributed by atoms with Gasteiger partial charge in [-0.15, -0.1) is 0 Å². The summed E-state index contributed by atoms with van der Waals surface area (Å²) < 4.78 is 77.5. The lowest BCUT2D eigenvalue weighted by Gasteiger charge is -2.46. The molecule has 15 aromatic rings. The second kappa shape index (κ2) is 24.2. The maximum atomic E-state index is 9.89. The molecule has 0 saturated carbocycles. The fraction of sp³-hybridized carbons (Fsp3) is 0.125. The molecule has 0 aliphatic carbocycles. The molecule has 100 heavy (non-hydrogen) atoms. The van der Waals surface area contributed by atoms with Crippen LogP contribution in [-0.4, -0.2) is 11.3 Å². The maximum Gasteiger partial charge on any atom is 0.252 e. The Kier molecular flexibility index (Phi) is 13.0. The zero-order chi connectivity index (χ0) is 75.1. The first-order valence-electron chi connectivity index (χ1n) is 38.8. The van der Waals surface area contributed by atoms with Crippen LogP contribution in [0.1, 0.15) is 90.0 Å². The molecule has 17 rings (SSSR count). The molecule has 0 radical (unpaired) electrons. The van der Waals surface area contributed by atoms with Gasteiger partial charge in [-0.1, -0.05) is 329 Å². The van der Waals surface area contributed by atoms with E-state index in [2.05, 4.69) is 327 Å². The van der Waals surface area contributed by atoms with E-state index in [1.807, 2.05) is 18.2 Å². The molecule has 0 fully saturated rings. The van der Waals surface area contributed by atoms with Gasteiger partial charge in [-0.3, -0.25) is 0 Å². The summed E-state index contributed by atoms with van der Waals surface area (Å²) in [7, 11) is 0. The van der Waals surface area contributed by atoms with Crippen LogP contribution in [0.4, 0.5) is 34.1 Å². The van der Waals surface area contributed by atoms with Gasteiger partial charge in [0.1, 0.15) is 0 Å². The summed E-state index contributed by atoms with van der Waals surface area (Å²) in [6.45, 7) is 19.9. The third-order valence-electron chi connectivity index (χ3n) is 20.5. The summed E-state index contributed by atoms with van der Waals surface area (Å²) in [6, 6.07) is 95.4. The van der Waals surface area contributed by atoms with Crippen LogP contribution >= 0.6 is 0 Å². The highest BCUT2D eigenvalue weighted by molar-refractivity contribution is 7.00. The van der Waals surface area contributed by atoms with Gasteiger partial charge in [-0.05, 0) is 160 Å². The van der Waals surface area contributed by atoms with E-state index < -0.39 is 48.4 Å². The van der Waals surface area contributed by atoms with Crippen LogP contribution in [-0.2, 0) is 16.2 Å². The van der Waals surface area contributed by atoms with Crippen LogP contribution in [0.5, 0.6) is 0 Å². The molecule has 0 unspecified atom stereocenters. The van der Waals surface area contributed by atoms with Gasteiger partial charge in [0.25, 0.3) is 6.71 Å². The number of benzene rings is 14. The van der Waals surface area contributed by atoms with Crippen molar-refractivity contribution < 1.29 is 11.0 Å². The van der Waals surface area contributed by atoms with Gasteiger partial charge in [-0.2, -0.15) is 0 Å². The summed E-state index contributed by atoms with van der Waals surface area (Å²) in [5, 5.41) is 0.0234. The number of para-hydroxylation sites is 3. The zero-order valence-electron chi connectivity index (χ0n) is 65.9. The van der Waals surface area contributed by atoms with Gasteiger partial charge in [-0.25, -0.2) is 0 Å². The molecule has 3 nitrogen and oxygen atoms in total. The Hall–Kier alpha value is -11.5. The largest absolute Gasteiger partial charge is 0.310 e. The van der Waals surface area contributed by atoms with Gasteiger partial charge < -0.3 is 14.4 Å². The number of anilines is 6. The number of hydrogen-bond acceptors (Lipinski definition) is 2. The van der Waals surface area contributed by atoms with Gasteiger partial charge >= 0.3 is 0 Å². The van der Waals surface area contributed by atoms with Crippen molar-refractivity contribution in [1.82, 2.24) is 4.57 Å². The summed E-state index contributed by atoms with van der Waals surface area (Å²) in [4.78, 5) is 5.04. The summed E-state index contributed by atoms with van der Waals surface area (Å²) in [5.74, 6) is 0. The highest BCUT2D eigenvalue weighted by atomic mass is 15.2. The second-order valence-electron chi connectivity index (χ2n) is 29.9. The van der Waals surface area contributed by atoms with Crippen LogP contribution in [0.25, 0.3) is 105 Å². The molecule has 0 bridgehead atoms. The Morgan fingerprint density at radius 3 is 1.14 bits per heavy atom. The van der Waals surface area contributed by atoms with E-state index >= 15 is 0 Å². The molecule has 2 aliphatic heterocycles. The third kappa shape index (κ3) is 10.8. The quantitative estimate of drug-likeness (QED) is 0.126. The molecular formula is C96H80BN3. The van der Waals surface area contributed by atoms with Crippen molar-refractivity contribution in [3.63, 3.8) is 0 Å². The lowest BCUT2D eigenvalue weighted by molar-refractivity contribution is 0.590. The van der Waals surface area contributed by atoms with Crippen LogP contribution in [0.2, 0.25) is 0 Å². The fourth-order valence-electron chi connectivity index (χ4n) is 15.2. The highest BCUT2D eigenvalue weighted by Crippen LogP contribution is 2.55. The summed E-state index contributed by atoms with van der Waals surface area (Å²) >= 11 is 0. The van der Waals surface area contributed by atoms with E-state index in [0.29, 0.717) is 5.69 Å². The topological polar surface area (TPSA) is 11.4 Å². The molecule has 0 saturated heterocycles. The second-order valence-corrected chi connectivity index (χ2v) is 29.9. The number of hydrogen-bond donors (Lipinski definition) is 0. The molecular weight excluding hydrogens is 1210 g/mol. The van der Waals surface area contributed by atoms with E-state index in [-0.39, 0.29) is 44.7 Å². The molecule has 1 aromatic heterocycles. The van der Waals surface area contributed by atoms with Crippen molar-refractivity contribution in [3.8, 4) is 83.6 Å². The van der Waals surface area contributed by atoms with Crippen molar-refractivity contribution in [1.29, 1.82) is 0 Å². The van der Waals surface area contributed by atoms with Crippen LogP contribution in [0.3, 0.4) is 0 Å². The third-order valence-corrected chi connectivity index (χ3v) is 20.5. The molecule has 0 N–H and O–H groups in total. The Balaban J connectivity index is 1.07. The minimum absolute atomic E-state index is 0.0117. The summed E-state index contributed by atoms with van der Waals surface area (Å²) in [5.41, 5.74) is 26.2. The van der Waals surface area contributed by atoms with E-state index in [0.717, 1.165) is 140 Å². The van der Waals surface area contributed by atoms with Crippen molar-refractivity contribution in [2.24, 2.45) is 0 Å². The Morgan fingerprint density at radius 2 is 0.660 bits per heavy atom. The zero-order valence-corrected chi connectivity index (χ0v) is 57.9. The highest BCUT2D eigenvalue weighted by Gasteiger charge is 2.46. The predicted molar refractivity (Wildman–Crippen MR) is 429 cm³/mol. The standard InChI is InChI=1S/C96H80BN3/c1-94(2,3)73-52-49-67(50-53-73)72-51-56-87-84(57-72)97-83-55-54-76(98-85-39-24-22-35-79(85)80-36-23-25-40-86(80)98)62-88(83)100(90-61-75(96(7,8)9)60-89(91(90)97)99(87)92-77(68-31-18-12-19-32-68)37-26-38-78(92)69-33-20-13-21-34-69)93-81(70-45-41-65(42-46-70)63-27-14-10-15-28-63)58-74(95(4,5)6)59-82(93)71-47-43-66(44-48-71)64-29-16-11-17-30-64/h10-62H,1-9H3/i22D,23D,24D,25D,35D,36D,39D,40D. The van der Waals surface area contributed by atoms with Crippen molar-refractivity contribution in [2.75, 3.05) is 9.80 Å². The fourth-order valence-corrected chi connectivity index (χ4v) is 15.2. The number of nitrogens with zero attached hydrogens (tertiary/aromatic N) is 3. The van der Waals surface area contributed by atoms with Crippen molar-refractivity contribution in [2.45, 2.75) is 78.6 Å². The van der Waals surface area contributed by atoms with Crippen LogP contribution in [0, 0.1) is 0 Å². The molecule has 0 amide bonds. The number of fused-ring (bicyclic) bond motifs is 7. The molecule has 0 spiro atoms. The molecule has 3 heterocycles.